The van der Waals surface area contributed by atoms with Crippen molar-refractivity contribution in [2.45, 2.75) is 57.9 Å². The molecule has 19 heavy (non-hydrogen) atoms. The molecule has 0 aromatic heterocycles. The van der Waals surface area contributed by atoms with Gasteiger partial charge in [0.1, 0.15) is 0 Å². The van der Waals surface area contributed by atoms with Crippen molar-refractivity contribution < 1.29 is 14.7 Å². The fourth-order valence-electron chi connectivity index (χ4n) is 3.34. The molecule has 0 radical (unpaired) electrons. The van der Waals surface area contributed by atoms with Crippen LogP contribution in [0.3, 0.4) is 0 Å². The Labute approximate surface area is 114 Å². The Balaban J connectivity index is 1.78. The van der Waals surface area contributed by atoms with Gasteiger partial charge in [0.15, 0.2) is 0 Å². The van der Waals surface area contributed by atoms with Crippen molar-refractivity contribution in [1.29, 1.82) is 0 Å². The highest BCUT2D eigenvalue weighted by molar-refractivity contribution is 5.78. The highest BCUT2D eigenvalue weighted by Gasteiger charge is 2.41. The Hall–Kier alpha value is -1.26. The minimum Gasteiger partial charge on any atom is -0.481 e. The van der Waals surface area contributed by atoms with Crippen molar-refractivity contribution in [3.63, 3.8) is 0 Å². The molecule has 5 nitrogen and oxygen atoms in total. The first-order chi connectivity index (χ1) is 9.02. The molecular formula is C14H24N2O3. The van der Waals surface area contributed by atoms with E-state index in [1.165, 1.54) is 0 Å². The van der Waals surface area contributed by atoms with E-state index >= 15 is 0 Å². The van der Waals surface area contributed by atoms with E-state index in [4.69, 9.17) is 0 Å². The van der Waals surface area contributed by atoms with Gasteiger partial charge in [-0.3, -0.25) is 4.79 Å². The van der Waals surface area contributed by atoms with E-state index in [9.17, 15) is 14.7 Å². The second kappa shape index (κ2) is 5.80. The average molecular weight is 268 g/mol. The van der Waals surface area contributed by atoms with E-state index in [0.29, 0.717) is 18.8 Å². The van der Waals surface area contributed by atoms with Gasteiger partial charge in [-0.15, -0.1) is 0 Å². The molecule has 2 rings (SSSR count). The van der Waals surface area contributed by atoms with Crippen LogP contribution in [0.5, 0.6) is 0 Å². The number of aliphatic carboxylic acids is 1. The highest BCUT2D eigenvalue weighted by atomic mass is 16.4. The molecule has 0 spiro atoms. The van der Waals surface area contributed by atoms with Crippen molar-refractivity contribution in [1.82, 2.24) is 10.6 Å². The van der Waals surface area contributed by atoms with Gasteiger partial charge in [0.2, 0.25) is 0 Å². The fraction of sp³-hybridized carbons (Fsp3) is 0.857. The zero-order valence-electron chi connectivity index (χ0n) is 11.6. The van der Waals surface area contributed by atoms with Gasteiger partial charge in [0.25, 0.3) is 0 Å². The molecule has 2 saturated carbocycles. The normalized spacial score (nSPS) is 29.1. The summed E-state index contributed by atoms with van der Waals surface area (Å²) in [5.41, 5.74) is -0.736. The van der Waals surface area contributed by atoms with Gasteiger partial charge in [-0.25, -0.2) is 4.79 Å². The van der Waals surface area contributed by atoms with Crippen molar-refractivity contribution in [3.05, 3.63) is 0 Å². The van der Waals surface area contributed by atoms with Gasteiger partial charge in [-0.1, -0.05) is 19.8 Å². The standard InChI is InChI=1S/C14H24N2O3/c1-10-4-5-11(8-10)16-13(19)15-9-14(12(17)18)6-2-3-7-14/h10-11H,2-9H2,1H3,(H,17,18)(H2,15,16,19). The highest BCUT2D eigenvalue weighted by Crippen LogP contribution is 2.37. The third kappa shape index (κ3) is 3.39. The molecule has 2 atom stereocenters. The van der Waals surface area contributed by atoms with E-state index in [-0.39, 0.29) is 18.6 Å². The van der Waals surface area contributed by atoms with E-state index < -0.39 is 11.4 Å². The van der Waals surface area contributed by atoms with Gasteiger partial charge in [0, 0.05) is 12.6 Å². The molecule has 0 bridgehead atoms. The summed E-state index contributed by atoms with van der Waals surface area (Å²) in [6, 6.07) is 0.0333. The predicted octanol–water partition coefficient (Wildman–Crippen LogP) is 2.12. The number of hydrogen-bond acceptors (Lipinski definition) is 2. The lowest BCUT2D eigenvalue weighted by Crippen LogP contribution is -2.47. The quantitative estimate of drug-likeness (QED) is 0.730. The summed E-state index contributed by atoms with van der Waals surface area (Å²) in [6.07, 6.45) is 6.43. The van der Waals surface area contributed by atoms with Crippen LogP contribution in [-0.2, 0) is 4.79 Å². The lowest BCUT2D eigenvalue weighted by Gasteiger charge is -2.24. The van der Waals surface area contributed by atoms with Crippen LogP contribution in [0.1, 0.15) is 51.9 Å². The van der Waals surface area contributed by atoms with Gasteiger partial charge in [0.05, 0.1) is 5.41 Å². The van der Waals surface area contributed by atoms with E-state index in [1.54, 1.807) is 0 Å². The molecule has 5 heteroatoms. The van der Waals surface area contributed by atoms with Gasteiger partial charge >= 0.3 is 12.0 Å². The van der Waals surface area contributed by atoms with Gasteiger partial charge in [-0.2, -0.15) is 0 Å². The number of hydrogen-bond donors (Lipinski definition) is 3. The molecule has 2 fully saturated rings. The molecule has 2 unspecified atom stereocenters. The summed E-state index contributed by atoms with van der Waals surface area (Å²) >= 11 is 0. The number of nitrogens with one attached hydrogen (secondary N) is 2. The van der Waals surface area contributed by atoms with Crippen molar-refractivity contribution in [2.75, 3.05) is 6.54 Å². The molecule has 108 valence electrons. The first-order valence-corrected chi connectivity index (χ1v) is 7.30. The monoisotopic (exact) mass is 268 g/mol. The Morgan fingerprint density at radius 1 is 1.26 bits per heavy atom. The summed E-state index contributed by atoms with van der Waals surface area (Å²) in [5.74, 6) is -0.106. The molecule has 2 amide bonds. The first-order valence-electron chi connectivity index (χ1n) is 7.30. The maximum absolute atomic E-state index is 11.8. The Kier molecular flexibility index (Phi) is 4.32. The van der Waals surface area contributed by atoms with Crippen LogP contribution in [-0.4, -0.2) is 29.7 Å². The molecule has 0 aromatic rings. The van der Waals surface area contributed by atoms with E-state index in [1.807, 2.05) is 0 Å². The molecule has 0 heterocycles. The number of carboxylic acids is 1. The van der Waals surface area contributed by atoms with Crippen LogP contribution in [0.15, 0.2) is 0 Å². The van der Waals surface area contributed by atoms with Crippen LogP contribution in [0.25, 0.3) is 0 Å². The van der Waals surface area contributed by atoms with Crippen LogP contribution >= 0.6 is 0 Å². The fourth-order valence-corrected chi connectivity index (χ4v) is 3.34. The molecule has 3 N–H and O–H groups in total. The van der Waals surface area contributed by atoms with Crippen molar-refractivity contribution >= 4 is 12.0 Å². The lowest BCUT2D eigenvalue weighted by molar-refractivity contribution is -0.148. The SMILES string of the molecule is CC1CCC(NC(=O)NCC2(C(=O)O)CCCC2)C1. The largest absolute Gasteiger partial charge is 0.481 e. The zero-order valence-corrected chi connectivity index (χ0v) is 11.6. The predicted molar refractivity (Wildman–Crippen MR) is 71.9 cm³/mol. The molecule has 2 aliphatic carbocycles. The van der Waals surface area contributed by atoms with Gasteiger partial charge < -0.3 is 15.7 Å². The Bertz CT molecular complexity index is 351. The van der Waals surface area contributed by atoms with Crippen molar-refractivity contribution in [3.8, 4) is 0 Å². The van der Waals surface area contributed by atoms with Crippen LogP contribution < -0.4 is 10.6 Å². The maximum Gasteiger partial charge on any atom is 0.315 e. The van der Waals surface area contributed by atoms with Gasteiger partial charge in [-0.05, 0) is 38.0 Å². The van der Waals surface area contributed by atoms with Crippen LogP contribution in [0, 0.1) is 11.3 Å². The molecule has 0 saturated heterocycles. The molecule has 0 aliphatic heterocycles. The number of carboxylic acid groups (broad SMARTS) is 1. The third-order valence-electron chi connectivity index (χ3n) is 4.63. The minimum absolute atomic E-state index is 0.216. The second-order valence-corrected chi connectivity index (χ2v) is 6.23. The molecular weight excluding hydrogens is 244 g/mol. The second-order valence-electron chi connectivity index (χ2n) is 6.23. The van der Waals surface area contributed by atoms with Crippen LogP contribution in [0.2, 0.25) is 0 Å². The topological polar surface area (TPSA) is 78.4 Å². The molecule has 2 aliphatic rings. The van der Waals surface area contributed by atoms with Crippen LogP contribution in [0.4, 0.5) is 4.79 Å². The molecule has 0 aromatic carbocycles. The lowest BCUT2D eigenvalue weighted by atomic mass is 9.86. The maximum atomic E-state index is 11.8. The van der Waals surface area contributed by atoms with Crippen molar-refractivity contribution in [2.24, 2.45) is 11.3 Å². The van der Waals surface area contributed by atoms with E-state index in [2.05, 4.69) is 17.6 Å². The first kappa shape index (κ1) is 14.2. The summed E-state index contributed by atoms with van der Waals surface area (Å²) in [4.78, 5) is 23.2. The Morgan fingerprint density at radius 2 is 1.95 bits per heavy atom. The summed E-state index contributed by atoms with van der Waals surface area (Å²) in [6.45, 7) is 2.44. The minimum atomic E-state index is -0.778. The Morgan fingerprint density at radius 3 is 2.47 bits per heavy atom. The number of urea groups is 1. The summed E-state index contributed by atoms with van der Waals surface area (Å²) in [5, 5.41) is 15.0. The third-order valence-corrected chi connectivity index (χ3v) is 4.63. The smallest absolute Gasteiger partial charge is 0.315 e. The average Bonchev–Trinajstić information content (AvgIpc) is 2.97. The zero-order chi connectivity index (χ0) is 13.9. The summed E-state index contributed by atoms with van der Waals surface area (Å²) in [7, 11) is 0. The number of carbonyl (C=O) groups excluding carboxylic acids is 1. The summed E-state index contributed by atoms with van der Waals surface area (Å²) < 4.78 is 0. The number of amides is 2. The number of rotatable bonds is 4. The number of carbonyl (C=O) groups is 2. The van der Waals surface area contributed by atoms with E-state index in [0.717, 1.165) is 32.1 Å².